The Kier molecular flexibility index (Phi) is 4.04. The molecule has 1 aliphatic carbocycles. The minimum atomic E-state index is -0.806. The molecule has 5 heteroatoms. The van der Waals surface area contributed by atoms with Crippen molar-refractivity contribution in [1.82, 2.24) is 5.32 Å². The average molecular weight is 267 g/mol. The van der Waals surface area contributed by atoms with E-state index in [-0.39, 0.29) is 29.5 Å². The molecule has 0 aliphatic heterocycles. The minimum Gasteiger partial charge on any atom is -0.505 e. The number of benzene rings is 1. The second-order valence-electron chi connectivity index (χ2n) is 5.04. The average Bonchev–Trinajstić information content (AvgIpc) is 2.35. The minimum absolute atomic E-state index is 0.00670. The molecule has 1 amide bonds. The van der Waals surface area contributed by atoms with Crippen LogP contribution in [0.2, 0.25) is 0 Å². The fraction of sp³-hybridized carbons (Fsp3) is 0.500. The van der Waals surface area contributed by atoms with E-state index in [4.69, 9.17) is 5.11 Å². The number of aromatic hydroxyl groups is 1. The highest BCUT2D eigenvalue weighted by Gasteiger charge is 2.33. The zero-order valence-corrected chi connectivity index (χ0v) is 10.8. The van der Waals surface area contributed by atoms with E-state index in [1.54, 1.807) is 0 Å². The van der Waals surface area contributed by atoms with E-state index in [2.05, 4.69) is 5.32 Å². The molecule has 1 aromatic carbocycles. The van der Waals surface area contributed by atoms with Gasteiger partial charge in [-0.2, -0.15) is 0 Å². The number of carbonyl (C=O) groups excluding carboxylic acids is 1. The van der Waals surface area contributed by atoms with Crippen LogP contribution in [0.4, 0.5) is 4.39 Å². The third kappa shape index (κ3) is 3.04. The highest BCUT2D eigenvalue weighted by Crippen LogP contribution is 2.31. The number of hydrogen-bond acceptors (Lipinski definition) is 3. The standard InChI is InChI=1S/C14H18FNO3/c1-2-12(9-5-10(17)6-9)16-14(19)8-3-4-13(18)11(15)7-8/h3-4,7,9-10,12,17-18H,2,5-6H2,1H3,(H,16,19)/t9?,10?,12-/m1/s1. The Morgan fingerprint density at radius 1 is 1.53 bits per heavy atom. The number of hydrogen-bond donors (Lipinski definition) is 3. The van der Waals surface area contributed by atoms with E-state index < -0.39 is 11.6 Å². The summed E-state index contributed by atoms with van der Waals surface area (Å²) in [6, 6.07) is 3.56. The second-order valence-corrected chi connectivity index (χ2v) is 5.04. The Morgan fingerprint density at radius 3 is 2.74 bits per heavy atom. The number of phenols is 1. The summed E-state index contributed by atoms with van der Waals surface area (Å²) in [6.07, 6.45) is 1.90. The van der Waals surface area contributed by atoms with E-state index in [0.717, 1.165) is 18.6 Å². The summed E-state index contributed by atoms with van der Waals surface area (Å²) in [6.45, 7) is 1.97. The van der Waals surface area contributed by atoms with Gasteiger partial charge in [-0.3, -0.25) is 4.79 Å². The van der Waals surface area contributed by atoms with Gasteiger partial charge in [-0.05, 0) is 43.4 Å². The van der Waals surface area contributed by atoms with Gasteiger partial charge in [-0.15, -0.1) is 0 Å². The lowest BCUT2D eigenvalue weighted by Crippen LogP contribution is -2.46. The largest absolute Gasteiger partial charge is 0.505 e. The monoisotopic (exact) mass is 267 g/mol. The number of nitrogens with one attached hydrogen (secondary N) is 1. The number of rotatable bonds is 4. The summed E-state index contributed by atoms with van der Waals surface area (Å²) in [7, 11) is 0. The highest BCUT2D eigenvalue weighted by atomic mass is 19.1. The molecule has 0 bridgehead atoms. The van der Waals surface area contributed by atoms with E-state index in [1.807, 2.05) is 6.92 Å². The van der Waals surface area contributed by atoms with Gasteiger partial charge in [0.1, 0.15) is 0 Å². The van der Waals surface area contributed by atoms with Gasteiger partial charge in [0.2, 0.25) is 0 Å². The van der Waals surface area contributed by atoms with Crippen molar-refractivity contribution in [3.63, 3.8) is 0 Å². The van der Waals surface area contributed by atoms with Crippen molar-refractivity contribution in [2.24, 2.45) is 5.92 Å². The van der Waals surface area contributed by atoms with Crippen LogP contribution in [0.5, 0.6) is 5.75 Å². The molecule has 0 aromatic heterocycles. The number of halogens is 1. The summed E-state index contributed by atoms with van der Waals surface area (Å²) < 4.78 is 13.2. The number of aliphatic hydroxyl groups excluding tert-OH is 1. The van der Waals surface area contributed by atoms with Gasteiger partial charge in [0.15, 0.2) is 11.6 Å². The van der Waals surface area contributed by atoms with Gasteiger partial charge in [-0.25, -0.2) is 4.39 Å². The molecule has 3 N–H and O–H groups in total. The van der Waals surface area contributed by atoms with Crippen LogP contribution in [0.15, 0.2) is 18.2 Å². The first kappa shape index (κ1) is 13.8. The fourth-order valence-corrected chi connectivity index (χ4v) is 2.41. The van der Waals surface area contributed by atoms with Gasteiger partial charge >= 0.3 is 0 Å². The lowest BCUT2D eigenvalue weighted by molar-refractivity contribution is 0.0232. The molecule has 0 radical (unpaired) electrons. The van der Waals surface area contributed by atoms with Crippen LogP contribution in [0, 0.1) is 11.7 Å². The molecule has 1 aliphatic rings. The zero-order valence-electron chi connectivity index (χ0n) is 10.8. The number of aliphatic hydroxyl groups is 1. The molecule has 2 rings (SSSR count). The third-order valence-electron chi connectivity index (χ3n) is 3.68. The van der Waals surface area contributed by atoms with Gasteiger partial charge in [0.05, 0.1) is 6.10 Å². The number of amides is 1. The normalized spacial score (nSPS) is 23.5. The Morgan fingerprint density at radius 2 is 2.21 bits per heavy atom. The second kappa shape index (κ2) is 5.57. The predicted molar refractivity (Wildman–Crippen MR) is 68.3 cm³/mol. The molecule has 19 heavy (non-hydrogen) atoms. The molecule has 1 aromatic rings. The van der Waals surface area contributed by atoms with Gasteiger partial charge in [0, 0.05) is 11.6 Å². The van der Waals surface area contributed by atoms with Crippen molar-refractivity contribution in [1.29, 1.82) is 0 Å². The predicted octanol–water partition coefficient (Wildman–Crippen LogP) is 1.81. The lowest BCUT2D eigenvalue weighted by atomic mass is 9.76. The summed E-state index contributed by atoms with van der Waals surface area (Å²) >= 11 is 0. The van der Waals surface area contributed by atoms with E-state index in [1.165, 1.54) is 6.07 Å². The van der Waals surface area contributed by atoms with E-state index in [0.29, 0.717) is 12.8 Å². The van der Waals surface area contributed by atoms with Crippen LogP contribution in [0.1, 0.15) is 36.5 Å². The molecule has 1 atom stereocenters. The summed E-state index contributed by atoms with van der Waals surface area (Å²) in [4.78, 5) is 12.0. The fourth-order valence-electron chi connectivity index (χ4n) is 2.41. The SMILES string of the molecule is CC[C@@H](NC(=O)c1ccc(O)c(F)c1)C1CC(O)C1. The van der Waals surface area contributed by atoms with Crippen LogP contribution >= 0.6 is 0 Å². The molecule has 0 saturated heterocycles. The van der Waals surface area contributed by atoms with Gasteiger partial charge in [0.25, 0.3) is 5.91 Å². The zero-order chi connectivity index (χ0) is 14.0. The topological polar surface area (TPSA) is 69.6 Å². The first-order chi connectivity index (χ1) is 9.01. The quantitative estimate of drug-likeness (QED) is 0.779. The third-order valence-corrected chi connectivity index (χ3v) is 3.68. The molecular weight excluding hydrogens is 249 g/mol. The van der Waals surface area contributed by atoms with Crippen LogP contribution in [-0.4, -0.2) is 28.3 Å². The van der Waals surface area contributed by atoms with Crippen molar-refractivity contribution in [3.05, 3.63) is 29.6 Å². The molecule has 0 spiro atoms. The number of phenolic OH excluding ortho intramolecular Hbond substituents is 1. The van der Waals surface area contributed by atoms with Gasteiger partial charge in [-0.1, -0.05) is 6.92 Å². The molecular formula is C14H18FNO3. The molecule has 0 heterocycles. The lowest BCUT2D eigenvalue weighted by Gasteiger charge is -2.37. The van der Waals surface area contributed by atoms with Crippen molar-refractivity contribution >= 4 is 5.91 Å². The summed E-state index contributed by atoms with van der Waals surface area (Å²) in [5.41, 5.74) is 0.189. The van der Waals surface area contributed by atoms with Crippen molar-refractivity contribution < 1.29 is 19.4 Å². The smallest absolute Gasteiger partial charge is 0.251 e. The van der Waals surface area contributed by atoms with E-state index >= 15 is 0 Å². The van der Waals surface area contributed by atoms with Crippen molar-refractivity contribution in [3.8, 4) is 5.75 Å². The van der Waals surface area contributed by atoms with Crippen molar-refractivity contribution in [2.75, 3.05) is 0 Å². The summed E-state index contributed by atoms with van der Waals surface area (Å²) in [5, 5.41) is 21.2. The van der Waals surface area contributed by atoms with Crippen LogP contribution < -0.4 is 5.32 Å². The van der Waals surface area contributed by atoms with Gasteiger partial charge < -0.3 is 15.5 Å². The maximum atomic E-state index is 13.2. The first-order valence-electron chi connectivity index (χ1n) is 6.48. The van der Waals surface area contributed by atoms with E-state index in [9.17, 15) is 14.3 Å². The molecule has 1 fully saturated rings. The Balaban J connectivity index is 2.00. The summed E-state index contributed by atoms with van der Waals surface area (Å²) in [5.74, 6) is -1.34. The van der Waals surface area contributed by atoms with Crippen LogP contribution in [-0.2, 0) is 0 Å². The first-order valence-corrected chi connectivity index (χ1v) is 6.48. The maximum absolute atomic E-state index is 13.2. The number of carbonyl (C=O) groups is 1. The Bertz CT molecular complexity index is 472. The molecule has 1 saturated carbocycles. The Hall–Kier alpha value is -1.62. The molecule has 104 valence electrons. The maximum Gasteiger partial charge on any atom is 0.251 e. The Labute approximate surface area is 111 Å². The highest BCUT2D eigenvalue weighted by molar-refractivity contribution is 5.94. The van der Waals surface area contributed by atoms with Crippen LogP contribution in [0.25, 0.3) is 0 Å². The van der Waals surface area contributed by atoms with Crippen LogP contribution in [0.3, 0.4) is 0 Å². The molecule has 4 nitrogen and oxygen atoms in total. The van der Waals surface area contributed by atoms with Crippen molar-refractivity contribution in [2.45, 2.75) is 38.3 Å². The molecule has 0 unspecified atom stereocenters.